The third kappa shape index (κ3) is 0.356. The van der Waals surface area contributed by atoms with Crippen LogP contribution in [0.1, 0.15) is 13.8 Å². The Labute approximate surface area is 71.9 Å². The number of carbonyl (C=O) groups is 1. The maximum absolute atomic E-state index is 11.9. The van der Waals surface area contributed by atoms with E-state index in [2.05, 4.69) is 24.5 Å². The quantitative estimate of drug-likeness (QED) is 0.511. The maximum Gasteiger partial charge on any atom is 0.151 e. The molecule has 0 aromatic rings. The molecule has 3 fully saturated rings. The van der Waals surface area contributed by atoms with Crippen molar-refractivity contribution >= 4 is 5.78 Å². The van der Waals surface area contributed by atoms with Crippen LogP contribution in [0.4, 0.5) is 0 Å². The van der Waals surface area contributed by atoms with E-state index in [1.165, 1.54) is 0 Å². The minimum atomic E-state index is -0.111. The van der Waals surface area contributed by atoms with Crippen LogP contribution in [-0.4, -0.2) is 31.0 Å². The van der Waals surface area contributed by atoms with Crippen molar-refractivity contribution in [3.8, 4) is 0 Å². The Kier molecular flexibility index (Phi) is 0.872. The van der Waals surface area contributed by atoms with Gasteiger partial charge in [0.2, 0.25) is 0 Å². The highest BCUT2D eigenvalue weighted by Crippen LogP contribution is 2.64. The first-order chi connectivity index (χ1) is 5.57. The van der Waals surface area contributed by atoms with Crippen LogP contribution in [0.3, 0.4) is 0 Å². The van der Waals surface area contributed by atoms with E-state index < -0.39 is 0 Å². The van der Waals surface area contributed by atoms with Crippen LogP contribution in [-0.2, 0) is 4.79 Å². The van der Waals surface area contributed by atoms with Crippen molar-refractivity contribution in [2.45, 2.75) is 19.4 Å². The number of rotatable bonds is 0. The molecule has 0 aromatic carbocycles. The van der Waals surface area contributed by atoms with Gasteiger partial charge in [0.05, 0.1) is 16.4 Å². The number of hydrogen-bond donors (Lipinski definition) is 2. The molecular formula is C9H14N2O. The number of piperidine rings is 1. The zero-order valence-electron chi connectivity index (χ0n) is 7.53. The molecule has 0 aromatic heterocycles. The van der Waals surface area contributed by atoms with Crippen LogP contribution < -0.4 is 10.6 Å². The third-order valence-electron chi connectivity index (χ3n) is 4.50. The topological polar surface area (TPSA) is 41.1 Å². The van der Waals surface area contributed by atoms with Gasteiger partial charge in [-0.1, -0.05) is 0 Å². The highest BCUT2D eigenvalue weighted by atomic mass is 16.1. The Morgan fingerprint density at radius 2 is 1.83 bits per heavy atom. The molecule has 0 radical (unpaired) electrons. The Hall–Kier alpha value is -0.410. The molecule has 3 rings (SSSR count). The molecule has 3 aliphatic rings. The Balaban J connectivity index is 2.13. The molecular weight excluding hydrogens is 152 g/mol. The first kappa shape index (κ1) is 7.04. The van der Waals surface area contributed by atoms with E-state index in [-0.39, 0.29) is 16.4 Å². The van der Waals surface area contributed by atoms with Gasteiger partial charge in [0, 0.05) is 19.6 Å². The van der Waals surface area contributed by atoms with Crippen molar-refractivity contribution in [3.05, 3.63) is 0 Å². The average Bonchev–Trinajstić information content (AvgIpc) is 2.40. The van der Waals surface area contributed by atoms with Crippen LogP contribution in [0.15, 0.2) is 0 Å². The van der Waals surface area contributed by atoms with Crippen molar-refractivity contribution in [1.82, 2.24) is 10.6 Å². The fourth-order valence-corrected chi connectivity index (χ4v) is 3.57. The van der Waals surface area contributed by atoms with E-state index in [4.69, 9.17) is 0 Å². The van der Waals surface area contributed by atoms with Crippen molar-refractivity contribution in [3.63, 3.8) is 0 Å². The van der Waals surface area contributed by atoms with E-state index >= 15 is 0 Å². The Morgan fingerprint density at radius 1 is 1.17 bits per heavy atom. The lowest BCUT2D eigenvalue weighted by molar-refractivity contribution is -0.194. The molecule has 12 heavy (non-hydrogen) atoms. The number of carbonyl (C=O) groups excluding carboxylic acids is 1. The maximum atomic E-state index is 11.9. The number of Topliss-reactive ketones (excluding diaryl/α,β-unsaturated/α-hetero) is 1. The molecule has 2 aliphatic heterocycles. The molecule has 2 N–H and O–H groups in total. The van der Waals surface area contributed by atoms with Gasteiger partial charge < -0.3 is 10.6 Å². The standard InChI is InChI=1S/C9H14N2O/c1-7-3-10-5-9(7)8(2,4-11-9)6(7)12/h10-11H,3-5H2,1-2H3. The summed E-state index contributed by atoms with van der Waals surface area (Å²) >= 11 is 0. The fraction of sp³-hybridized carbons (Fsp3) is 0.889. The number of nitrogens with one attached hydrogen (secondary N) is 2. The minimum absolute atomic E-state index is 0.0503. The second kappa shape index (κ2) is 1.49. The summed E-state index contributed by atoms with van der Waals surface area (Å²) in [6, 6.07) is 0. The normalized spacial score (nSPS) is 61.7. The predicted molar refractivity (Wildman–Crippen MR) is 44.8 cm³/mol. The molecule has 3 heteroatoms. The van der Waals surface area contributed by atoms with Crippen LogP contribution in [0.5, 0.6) is 0 Å². The lowest BCUT2D eigenvalue weighted by Gasteiger charge is -2.71. The summed E-state index contributed by atoms with van der Waals surface area (Å²) in [6.07, 6.45) is 0. The second-order valence-electron chi connectivity index (χ2n) is 4.86. The van der Waals surface area contributed by atoms with E-state index in [9.17, 15) is 4.79 Å². The van der Waals surface area contributed by atoms with Crippen LogP contribution in [0.25, 0.3) is 0 Å². The number of ketones is 1. The number of hydrogen-bond acceptors (Lipinski definition) is 3. The van der Waals surface area contributed by atoms with Crippen molar-refractivity contribution in [2.75, 3.05) is 19.6 Å². The van der Waals surface area contributed by atoms with Crippen molar-refractivity contribution < 1.29 is 4.79 Å². The van der Waals surface area contributed by atoms with Gasteiger partial charge in [-0.15, -0.1) is 0 Å². The summed E-state index contributed by atoms with van der Waals surface area (Å²) in [5.74, 6) is 0.457. The molecule has 3 unspecified atom stereocenters. The monoisotopic (exact) mass is 166 g/mol. The third-order valence-corrected chi connectivity index (χ3v) is 4.50. The van der Waals surface area contributed by atoms with E-state index in [1.807, 2.05) is 0 Å². The zero-order valence-corrected chi connectivity index (χ0v) is 7.53. The highest BCUT2D eigenvalue weighted by Gasteiger charge is 2.82. The molecule has 0 amide bonds. The average molecular weight is 166 g/mol. The predicted octanol–water partition coefficient (Wildman–Crippen LogP) is -0.473. The van der Waals surface area contributed by atoms with Gasteiger partial charge in [0.15, 0.2) is 5.78 Å². The second-order valence-corrected chi connectivity index (χ2v) is 4.86. The molecule has 2 saturated heterocycles. The molecule has 0 bridgehead atoms. The van der Waals surface area contributed by atoms with Gasteiger partial charge in [-0.25, -0.2) is 0 Å². The minimum Gasteiger partial charge on any atom is -0.314 e. The molecule has 1 aliphatic carbocycles. The summed E-state index contributed by atoms with van der Waals surface area (Å²) < 4.78 is 0. The highest BCUT2D eigenvalue weighted by molar-refractivity contribution is 6.03. The van der Waals surface area contributed by atoms with Crippen LogP contribution in [0.2, 0.25) is 0 Å². The first-order valence-electron chi connectivity index (χ1n) is 4.58. The van der Waals surface area contributed by atoms with Gasteiger partial charge in [-0.3, -0.25) is 4.79 Å². The Morgan fingerprint density at radius 3 is 2.33 bits per heavy atom. The van der Waals surface area contributed by atoms with E-state index in [0.29, 0.717) is 5.78 Å². The van der Waals surface area contributed by atoms with Crippen molar-refractivity contribution in [1.29, 1.82) is 0 Å². The van der Waals surface area contributed by atoms with Gasteiger partial charge in [0.25, 0.3) is 0 Å². The molecule has 3 atom stereocenters. The lowest BCUT2D eigenvalue weighted by atomic mass is 9.38. The molecule has 1 spiro atoms. The first-order valence-corrected chi connectivity index (χ1v) is 4.58. The van der Waals surface area contributed by atoms with Gasteiger partial charge in [0.1, 0.15) is 0 Å². The Bertz CT molecular complexity index is 290. The SMILES string of the molecule is CC12CNCC13NCC3(C)C2=O. The van der Waals surface area contributed by atoms with Crippen LogP contribution >= 0.6 is 0 Å². The zero-order chi connectivity index (χ0) is 8.61. The van der Waals surface area contributed by atoms with Crippen LogP contribution in [0, 0.1) is 10.8 Å². The largest absolute Gasteiger partial charge is 0.314 e. The van der Waals surface area contributed by atoms with E-state index in [0.717, 1.165) is 19.6 Å². The van der Waals surface area contributed by atoms with Gasteiger partial charge in [-0.05, 0) is 13.8 Å². The fourth-order valence-electron chi connectivity index (χ4n) is 3.57. The smallest absolute Gasteiger partial charge is 0.151 e. The summed E-state index contributed by atoms with van der Waals surface area (Å²) in [6.45, 7) is 6.88. The lowest BCUT2D eigenvalue weighted by Crippen LogP contribution is -2.91. The summed E-state index contributed by atoms with van der Waals surface area (Å²) in [4.78, 5) is 11.9. The molecule has 1 saturated carbocycles. The van der Waals surface area contributed by atoms with E-state index in [1.54, 1.807) is 0 Å². The molecule has 2 heterocycles. The van der Waals surface area contributed by atoms with Gasteiger partial charge in [-0.2, -0.15) is 0 Å². The molecule has 3 nitrogen and oxygen atoms in total. The van der Waals surface area contributed by atoms with Crippen molar-refractivity contribution in [2.24, 2.45) is 10.8 Å². The molecule has 66 valence electrons. The van der Waals surface area contributed by atoms with Gasteiger partial charge >= 0.3 is 0 Å². The summed E-state index contributed by atoms with van der Waals surface area (Å²) in [5, 5.41) is 6.77. The summed E-state index contributed by atoms with van der Waals surface area (Å²) in [7, 11) is 0. The summed E-state index contributed by atoms with van der Waals surface area (Å²) in [5.41, 5.74) is -0.0532.